The van der Waals surface area contributed by atoms with Crippen molar-refractivity contribution >= 4 is 34.2 Å². The van der Waals surface area contributed by atoms with E-state index in [1.165, 1.54) is 11.1 Å². The molecule has 0 bridgehead atoms. The predicted octanol–water partition coefficient (Wildman–Crippen LogP) is 5.21. The molecule has 10 nitrogen and oxygen atoms in total. The number of furan rings is 1. The predicted molar refractivity (Wildman–Crippen MR) is 179 cm³/mol. The van der Waals surface area contributed by atoms with Crippen LogP contribution >= 0.6 is 0 Å². The van der Waals surface area contributed by atoms with E-state index in [1.54, 1.807) is 53.7 Å². The second kappa shape index (κ2) is 12.4. The van der Waals surface area contributed by atoms with Gasteiger partial charge in [-0.15, -0.1) is 0 Å². The average molecular weight is 621 g/mol. The molecule has 5 aromatic rings. The quantitative estimate of drug-likeness (QED) is 0.199. The average Bonchev–Trinajstić information content (AvgIpc) is 3.69. The van der Waals surface area contributed by atoms with Crippen molar-refractivity contribution in [3.63, 3.8) is 0 Å². The summed E-state index contributed by atoms with van der Waals surface area (Å²) in [5.41, 5.74) is 4.15. The van der Waals surface area contributed by atoms with Crippen molar-refractivity contribution in [2.24, 2.45) is 5.41 Å². The number of pyridine rings is 1. The Morgan fingerprint density at radius 1 is 0.913 bits per heavy atom. The third-order valence-corrected chi connectivity index (χ3v) is 8.90. The minimum absolute atomic E-state index is 0.0769. The zero-order valence-electron chi connectivity index (χ0n) is 27.1. The fraction of sp³-hybridized carbons (Fsp3) is 0.333. The molecule has 4 heterocycles. The summed E-state index contributed by atoms with van der Waals surface area (Å²) in [6.45, 7) is 10.6. The summed E-state index contributed by atoms with van der Waals surface area (Å²) in [5.74, 6) is 0.269. The molecule has 1 aliphatic heterocycles. The van der Waals surface area contributed by atoms with E-state index in [9.17, 15) is 14.4 Å². The largest absolute Gasteiger partial charge is 0.461 e. The summed E-state index contributed by atoms with van der Waals surface area (Å²) in [6, 6.07) is 18.0. The Labute approximate surface area is 268 Å². The molecule has 3 aromatic heterocycles. The lowest BCUT2D eigenvalue weighted by Gasteiger charge is -2.27. The van der Waals surface area contributed by atoms with Crippen molar-refractivity contribution in [2.75, 3.05) is 29.9 Å². The monoisotopic (exact) mass is 620 g/mol. The maximum atomic E-state index is 13.5. The standard InChI is InChI=1S/C36H40N6O4/c1-6-42-30-12-11-26(20-31(30)38(5)34(44)36(3,4)35(42)45)21-39(17-18-41-15-13-32-29(33(41)43)19-25(2)46-32)22-27-9-7-8-10-28(27)23-40-16-14-37-24-40/h7-16,19-20,24H,6,17-18,21-23H2,1-5H3. The summed E-state index contributed by atoms with van der Waals surface area (Å²) in [6.07, 6.45) is 7.33. The summed E-state index contributed by atoms with van der Waals surface area (Å²) in [4.78, 5) is 50.0. The van der Waals surface area contributed by atoms with Gasteiger partial charge in [-0.25, -0.2) is 4.98 Å². The van der Waals surface area contributed by atoms with Gasteiger partial charge in [0.05, 0.1) is 23.1 Å². The fourth-order valence-electron chi connectivity index (χ4n) is 6.33. The van der Waals surface area contributed by atoms with Crippen LogP contribution in [-0.4, -0.2) is 51.0 Å². The molecule has 0 unspecified atom stereocenters. The molecule has 238 valence electrons. The molecule has 10 heteroatoms. The number of carbonyl (C=O) groups excluding carboxylic acids is 2. The maximum absolute atomic E-state index is 13.5. The van der Waals surface area contributed by atoms with E-state index in [-0.39, 0.29) is 17.4 Å². The number of hydrogen-bond acceptors (Lipinski definition) is 6. The number of carbonyl (C=O) groups is 2. The van der Waals surface area contributed by atoms with Crippen LogP contribution in [0.25, 0.3) is 11.0 Å². The SMILES string of the molecule is CCN1C(=O)C(C)(C)C(=O)N(C)c2cc(CN(CCn3ccc4oc(C)cc4c3=O)Cc3ccccc3Cn3ccnc3)ccc21. The number of rotatable bonds is 10. The molecule has 0 fully saturated rings. The minimum Gasteiger partial charge on any atom is -0.461 e. The highest BCUT2D eigenvalue weighted by atomic mass is 16.3. The first-order valence-electron chi connectivity index (χ1n) is 15.6. The molecule has 0 saturated carbocycles. The Bertz CT molecular complexity index is 1950. The highest BCUT2D eigenvalue weighted by Gasteiger charge is 2.45. The molecule has 1 aliphatic rings. The van der Waals surface area contributed by atoms with E-state index in [0.717, 1.165) is 11.3 Å². The van der Waals surface area contributed by atoms with E-state index in [0.29, 0.717) is 61.7 Å². The van der Waals surface area contributed by atoms with Crippen LogP contribution in [0.1, 0.15) is 43.2 Å². The van der Waals surface area contributed by atoms with Gasteiger partial charge in [-0.05, 0) is 68.7 Å². The van der Waals surface area contributed by atoms with Crippen molar-refractivity contribution in [1.29, 1.82) is 0 Å². The summed E-state index contributed by atoms with van der Waals surface area (Å²) in [5, 5.41) is 0.577. The zero-order valence-corrected chi connectivity index (χ0v) is 27.1. The van der Waals surface area contributed by atoms with Gasteiger partial charge >= 0.3 is 0 Å². The first-order valence-corrected chi connectivity index (χ1v) is 15.6. The lowest BCUT2D eigenvalue weighted by Crippen LogP contribution is -2.47. The molecule has 2 aromatic carbocycles. The number of aromatic nitrogens is 3. The smallest absolute Gasteiger partial charge is 0.261 e. The third kappa shape index (κ3) is 5.88. The van der Waals surface area contributed by atoms with E-state index >= 15 is 0 Å². The van der Waals surface area contributed by atoms with Gasteiger partial charge in [-0.2, -0.15) is 0 Å². The number of anilines is 2. The van der Waals surface area contributed by atoms with Gasteiger partial charge in [0.15, 0.2) is 0 Å². The Balaban J connectivity index is 1.33. The van der Waals surface area contributed by atoms with Crippen molar-refractivity contribution in [3.8, 4) is 0 Å². The van der Waals surface area contributed by atoms with Crippen LogP contribution < -0.4 is 15.4 Å². The number of aryl methyl sites for hydroxylation is 1. The third-order valence-electron chi connectivity index (χ3n) is 8.90. The Morgan fingerprint density at radius 3 is 2.43 bits per heavy atom. The van der Waals surface area contributed by atoms with Crippen molar-refractivity contribution < 1.29 is 14.0 Å². The molecular formula is C36H40N6O4. The normalized spacial score (nSPS) is 14.7. The summed E-state index contributed by atoms with van der Waals surface area (Å²) >= 11 is 0. The number of hydrogen-bond donors (Lipinski definition) is 0. The van der Waals surface area contributed by atoms with Gasteiger partial charge in [-0.3, -0.25) is 19.3 Å². The maximum Gasteiger partial charge on any atom is 0.261 e. The first-order chi connectivity index (χ1) is 22.1. The molecule has 6 rings (SSSR count). The molecular weight excluding hydrogens is 580 g/mol. The number of nitrogens with zero attached hydrogens (tertiary/aromatic N) is 6. The number of imidazole rings is 1. The molecule has 0 N–H and O–H groups in total. The molecule has 0 spiro atoms. The second-order valence-electron chi connectivity index (χ2n) is 12.5. The van der Waals surface area contributed by atoms with Crippen LogP contribution in [0, 0.1) is 12.3 Å². The van der Waals surface area contributed by atoms with Gasteiger partial charge in [0.1, 0.15) is 16.8 Å². The van der Waals surface area contributed by atoms with Gasteiger partial charge in [0.2, 0.25) is 11.8 Å². The van der Waals surface area contributed by atoms with Gasteiger partial charge < -0.3 is 23.4 Å². The highest BCUT2D eigenvalue weighted by molar-refractivity contribution is 6.19. The molecule has 0 saturated heterocycles. The van der Waals surface area contributed by atoms with Crippen LogP contribution in [0.5, 0.6) is 0 Å². The van der Waals surface area contributed by atoms with Crippen LogP contribution in [0.15, 0.2) is 88.7 Å². The second-order valence-corrected chi connectivity index (χ2v) is 12.5. The van der Waals surface area contributed by atoms with Crippen LogP contribution in [0.4, 0.5) is 11.4 Å². The van der Waals surface area contributed by atoms with E-state index in [4.69, 9.17) is 4.42 Å². The Hall–Kier alpha value is -4.96. The number of fused-ring (bicyclic) bond motifs is 2. The van der Waals surface area contributed by atoms with Crippen LogP contribution in [0.3, 0.4) is 0 Å². The molecule has 2 amide bonds. The van der Waals surface area contributed by atoms with Crippen molar-refractivity contribution in [2.45, 2.75) is 53.9 Å². The van der Waals surface area contributed by atoms with Crippen LogP contribution in [-0.2, 0) is 35.8 Å². The fourth-order valence-corrected chi connectivity index (χ4v) is 6.33. The van der Waals surface area contributed by atoms with E-state index in [2.05, 4.69) is 22.0 Å². The Kier molecular flexibility index (Phi) is 8.39. The summed E-state index contributed by atoms with van der Waals surface area (Å²) in [7, 11) is 1.74. The lowest BCUT2D eigenvalue weighted by molar-refractivity contribution is -0.137. The molecule has 0 aliphatic carbocycles. The minimum atomic E-state index is -1.17. The molecule has 46 heavy (non-hydrogen) atoms. The van der Waals surface area contributed by atoms with Gasteiger partial charge in [-0.1, -0.05) is 30.3 Å². The van der Waals surface area contributed by atoms with Gasteiger partial charge in [0.25, 0.3) is 5.56 Å². The highest BCUT2D eigenvalue weighted by Crippen LogP contribution is 2.39. The van der Waals surface area contributed by atoms with Gasteiger partial charge in [0, 0.05) is 64.9 Å². The van der Waals surface area contributed by atoms with E-state index < -0.39 is 5.41 Å². The number of amides is 2. The zero-order chi connectivity index (χ0) is 32.6. The van der Waals surface area contributed by atoms with Crippen molar-refractivity contribution in [1.82, 2.24) is 19.0 Å². The Morgan fingerprint density at radius 2 is 1.70 bits per heavy atom. The molecule has 0 atom stereocenters. The first kappa shape index (κ1) is 31.0. The lowest BCUT2D eigenvalue weighted by atomic mass is 9.90. The number of benzene rings is 2. The molecule has 0 radical (unpaired) electrons. The summed E-state index contributed by atoms with van der Waals surface area (Å²) < 4.78 is 9.45. The van der Waals surface area contributed by atoms with Crippen molar-refractivity contribution in [3.05, 3.63) is 112 Å². The topological polar surface area (TPSA) is 96.8 Å². The van der Waals surface area contributed by atoms with E-state index in [1.807, 2.05) is 67.3 Å². The van der Waals surface area contributed by atoms with Crippen LogP contribution in [0.2, 0.25) is 0 Å².